The number of rotatable bonds is 7. The molecule has 1 aromatic rings. The molecular formula is C13H21N3O3S. The van der Waals surface area contributed by atoms with Crippen LogP contribution in [0.25, 0.3) is 0 Å². The van der Waals surface area contributed by atoms with Crippen LogP contribution in [0.2, 0.25) is 0 Å². The van der Waals surface area contributed by atoms with Crippen LogP contribution in [-0.2, 0) is 14.8 Å². The Morgan fingerprint density at radius 2 is 1.90 bits per heavy atom. The van der Waals surface area contributed by atoms with Crippen molar-refractivity contribution in [1.82, 2.24) is 5.32 Å². The lowest BCUT2D eigenvalue weighted by Gasteiger charge is -2.12. The lowest BCUT2D eigenvalue weighted by atomic mass is 9.97. The van der Waals surface area contributed by atoms with E-state index < -0.39 is 10.0 Å². The van der Waals surface area contributed by atoms with Crippen molar-refractivity contribution in [3.05, 3.63) is 29.8 Å². The molecule has 0 saturated carbocycles. The van der Waals surface area contributed by atoms with E-state index in [2.05, 4.69) is 5.32 Å². The molecule has 6 nitrogen and oxygen atoms in total. The zero-order chi connectivity index (χ0) is 15.2. The van der Waals surface area contributed by atoms with E-state index in [4.69, 9.17) is 10.9 Å². The van der Waals surface area contributed by atoms with Gasteiger partial charge in [0.2, 0.25) is 15.9 Å². The maximum Gasteiger partial charge on any atom is 0.220 e. The topological polar surface area (TPSA) is 115 Å². The largest absolute Gasteiger partial charge is 0.399 e. The van der Waals surface area contributed by atoms with Gasteiger partial charge in [0.25, 0.3) is 0 Å². The normalized spacial score (nSPS) is 12.9. The number of hydrogen-bond donors (Lipinski definition) is 3. The molecule has 1 rings (SSSR count). The number of nitrogens with two attached hydrogens (primary N) is 2. The molecule has 0 saturated heterocycles. The van der Waals surface area contributed by atoms with Crippen LogP contribution in [-0.4, -0.2) is 26.6 Å². The van der Waals surface area contributed by atoms with Crippen LogP contribution in [0.3, 0.4) is 0 Å². The van der Waals surface area contributed by atoms with Gasteiger partial charge in [0, 0.05) is 18.7 Å². The number of amides is 1. The zero-order valence-corrected chi connectivity index (χ0v) is 12.3. The smallest absolute Gasteiger partial charge is 0.220 e. The number of sulfonamides is 1. The van der Waals surface area contributed by atoms with Crippen LogP contribution in [0, 0.1) is 0 Å². The summed E-state index contributed by atoms with van der Waals surface area (Å²) >= 11 is 0. The van der Waals surface area contributed by atoms with E-state index in [1.165, 1.54) is 0 Å². The van der Waals surface area contributed by atoms with E-state index >= 15 is 0 Å². The first-order chi connectivity index (χ1) is 9.28. The molecule has 0 aliphatic rings. The first-order valence-corrected chi connectivity index (χ1v) is 8.12. The third kappa shape index (κ3) is 6.53. The van der Waals surface area contributed by atoms with E-state index in [1.807, 2.05) is 19.1 Å². The highest BCUT2D eigenvalue weighted by molar-refractivity contribution is 7.89. The van der Waals surface area contributed by atoms with E-state index in [1.54, 1.807) is 12.1 Å². The van der Waals surface area contributed by atoms with Gasteiger partial charge in [0.1, 0.15) is 0 Å². The van der Waals surface area contributed by atoms with Crippen LogP contribution >= 0.6 is 0 Å². The van der Waals surface area contributed by atoms with Gasteiger partial charge in [-0.15, -0.1) is 0 Å². The lowest BCUT2D eigenvalue weighted by molar-refractivity contribution is -0.121. The number of nitrogen functional groups attached to an aromatic ring is 1. The van der Waals surface area contributed by atoms with Crippen molar-refractivity contribution >= 4 is 21.6 Å². The van der Waals surface area contributed by atoms with Crippen molar-refractivity contribution < 1.29 is 13.2 Å². The summed E-state index contributed by atoms with van der Waals surface area (Å²) in [7, 11) is -3.46. The van der Waals surface area contributed by atoms with Crippen molar-refractivity contribution in [3.8, 4) is 0 Å². The molecule has 1 aromatic carbocycles. The van der Waals surface area contributed by atoms with Crippen molar-refractivity contribution in [2.75, 3.05) is 18.0 Å². The van der Waals surface area contributed by atoms with Crippen LogP contribution in [0.5, 0.6) is 0 Å². The average molecular weight is 299 g/mol. The fourth-order valence-electron chi connectivity index (χ4n) is 1.79. The summed E-state index contributed by atoms with van der Waals surface area (Å²) in [5.74, 6) is -0.154. The molecule has 0 fully saturated rings. The highest BCUT2D eigenvalue weighted by Gasteiger charge is 2.11. The third-order valence-corrected chi connectivity index (χ3v) is 3.78. The van der Waals surface area contributed by atoms with Crippen molar-refractivity contribution in [3.63, 3.8) is 0 Å². The Morgan fingerprint density at radius 3 is 2.45 bits per heavy atom. The molecule has 0 spiro atoms. The number of carbonyl (C=O) groups excluding carboxylic acids is 1. The lowest BCUT2D eigenvalue weighted by Crippen LogP contribution is -2.28. The molecule has 7 heteroatoms. The Balaban J connectivity index is 2.33. The van der Waals surface area contributed by atoms with Gasteiger partial charge >= 0.3 is 0 Å². The van der Waals surface area contributed by atoms with Gasteiger partial charge in [0.15, 0.2) is 0 Å². The zero-order valence-electron chi connectivity index (χ0n) is 11.5. The maximum atomic E-state index is 11.7. The van der Waals surface area contributed by atoms with Gasteiger partial charge in [-0.2, -0.15) is 0 Å². The standard InChI is InChI=1S/C13H21N3O3S/c1-10(11-3-5-12(14)6-4-11)9-13(17)16-7-2-8-20(15,18)19/h3-6,10H,2,7-9,14H2,1H3,(H,16,17)(H2,15,18,19). The molecule has 1 amide bonds. The second-order valence-electron chi connectivity index (χ2n) is 4.84. The SMILES string of the molecule is CC(CC(=O)NCCCS(N)(=O)=O)c1ccc(N)cc1. The maximum absolute atomic E-state index is 11.7. The molecular weight excluding hydrogens is 278 g/mol. The van der Waals surface area contributed by atoms with E-state index in [-0.39, 0.29) is 17.6 Å². The summed E-state index contributed by atoms with van der Waals surface area (Å²) in [4.78, 5) is 11.7. The van der Waals surface area contributed by atoms with Crippen LogP contribution in [0.15, 0.2) is 24.3 Å². The number of anilines is 1. The highest BCUT2D eigenvalue weighted by Crippen LogP contribution is 2.19. The molecule has 0 aliphatic carbocycles. The quantitative estimate of drug-likeness (QED) is 0.504. The average Bonchev–Trinajstić information content (AvgIpc) is 2.34. The molecule has 0 bridgehead atoms. The van der Waals surface area contributed by atoms with Gasteiger partial charge in [0.05, 0.1) is 5.75 Å². The van der Waals surface area contributed by atoms with E-state index in [0.717, 1.165) is 5.56 Å². The third-order valence-electron chi connectivity index (χ3n) is 2.92. The van der Waals surface area contributed by atoms with Crippen molar-refractivity contribution in [2.24, 2.45) is 5.14 Å². The molecule has 1 unspecified atom stereocenters. The Labute approximate surface area is 119 Å². The first-order valence-electron chi connectivity index (χ1n) is 6.40. The summed E-state index contributed by atoms with van der Waals surface area (Å²) < 4.78 is 21.4. The first kappa shape index (κ1) is 16.5. The summed E-state index contributed by atoms with van der Waals surface area (Å²) in [6.45, 7) is 2.26. The van der Waals surface area contributed by atoms with Gasteiger partial charge in [-0.1, -0.05) is 19.1 Å². The molecule has 0 heterocycles. The number of nitrogens with one attached hydrogen (secondary N) is 1. The second-order valence-corrected chi connectivity index (χ2v) is 6.58. The van der Waals surface area contributed by atoms with E-state index in [9.17, 15) is 13.2 Å². The molecule has 1 atom stereocenters. The number of primary sulfonamides is 1. The predicted molar refractivity (Wildman–Crippen MR) is 79.5 cm³/mol. The molecule has 112 valence electrons. The molecule has 0 aliphatic heterocycles. The van der Waals surface area contributed by atoms with Crippen molar-refractivity contribution in [1.29, 1.82) is 0 Å². The Kier molecular flexibility index (Phi) is 5.97. The van der Waals surface area contributed by atoms with Crippen LogP contribution < -0.4 is 16.2 Å². The Hall–Kier alpha value is -1.60. The molecule has 20 heavy (non-hydrogen) atoms. The number of hydrogen-bond acceptors (Lipinski definition) is 4. The summed E-state index contributed by atoms with van der Waals surface area (Å²) in [5.41, 5.74) is 7.33. The predicted octanol–water partition coefficient (Wildman–Crippen LogP) is 0.557. The number of benzene rings is 1. The molecule has 0 aromatic heterocycles. The Bertz CT molecular complexity index is 540. The number of carbonyl (C=O) groups is 1. The monoisotopic (exact) mass is 299 g/mol. The van der Waals surface area contributed by atoms with Gasteiger partial charge < -0.3 is 11.1 Å². The highest BCUT2D eigenvalue weighted by atomic mass is 32.2. The minimum atomic E-state index is -3.46. The fraction of sp³-hybridized carbons (Fsp3) is 0.462. The van der Waals surface area contributed by atoms with Crippen LogP contribution in [0.1, 0.15) is 31.2 Å². The molecule has 5 N–H and O–H groups in total. The summed E-state index contributed by atoms with van der Waals surface area (Å²) in [6.07, 6.45) is 0.667. The minimum Gasteiger partial charge on any atom is -0.399 e. The summed E-state index contributed by atoms with van der Waals surface area (Å²) in [6, 6.07) is 7.40. The fourth-order valence-corrected chi connectivity index (χ4v) is 2.34. The summed E-state index contributed by atoms with van der Waals surface area (Å²) in [5, 5.41) is 7.55. The van der Waals surface area contributed by atoms with Gasteiger partial charge in [-0.05, 0) is 30.0 Å². The van der Waals surface area contributed by atoms with E-state index in [0.29, 0.717) is 25.1 Å². The molecule has 0 radical (unpaired) electrons. The van der Waals surface area contributed by atoms with Crippen molar-refractivity contribution in [2.45, 2.75) is 25.7 Å². The van der Waals surface area contributed by atoms with Gasteiger partial charge in [-0.25, -0.2) is 13.6 Å². The van der Waals surface area contributed by atoms with Gasteiger partial charge in [-0.3, -0.25) is 4.79 Å². The Morgan fingerprint density at radius 1 is 1.30 bits per heavy atom. The minimum absolute atomic E-state index is 0.0776. The van der Waals surface area contributed by atoms with Crippen LogP contribution in [0.4, 0.5) is 5.69 Å². The second kappa shape index (κ2) is 7.25.